The smallest absolute Gasteiger partial charge is 0.259 e. The molecule has 5 rings (SSSR count). The van der Waals surface area contributed by atoms with Gasteiger partial charge in [-0.3, -0.25) is 9.69 Å². The topological polar surface area (TPSA) is 59.8 Å². The molecule has 2 aliphatic heterocycles. The van der Waals surface area contributed by atoms with Crippen LogP contribution in [0.3, 0.4) is 0 Å². The molecule has 0 amide bonds. The van der Waals surface area contributed by atoms with Crippen LogP contribution in [0.25, 0.3) is 21.9 Å². The van der Waals surface area contributed by atoms with E-state index in [1.165, 1.54) is 19.3 Å². The van der Waals surface area contributed by atoms with Crippen molar-refractivity contribution in [3.05, 3.63) is 46.5 Å². The van der Waals surface area contributed by atoms with Crippen molar-refractivity contribution in [1.82, 2.24) is 14.5 Å². The van der Waals surface area contributed by atoms with Crippen LogP contribution in [0.4, 0.5) is 5.82 Å². The van der Waals surface area contributed by atoms with E-state index in [1.807, 2.05) is 12.3 Å². The fourth-order valence-electron chi connectivity index (χ4n) is 5.04. The monoisotopic (exact) mass is 462 g/mol. The Bertz CT molecular complexity index is 1230. The molecule has 0 aliphatic carbocycles. The number of likely N-dealkylation sites (tertiary alicyclic amines) is 1. The van der Waals surface area contributed by atoms with Crippen LogP contribution < -0.4 is 19.9 Å². The van der Waals surface area contributed by atoms with Gasteiger partial charge in [-0.2, -0.15) is 0 Å². The normalized spacial score (nSPS) is 17.1. The van der Waals surface area contributed by atoms with Gasteiger partial charge in [0.25, 0.3) is 5.56 Å². The zero-order chi connectivity index (χ0) is 23.8. The maximum absolute atomic E-state index is 12.9. The number of nitrogens with zero attached hydrogens (tertiary/aromatic N) is 4. The third kappa shape index (κ3) is 4.13. The number of benzene rings is 1. The molecule has 0 radical (unpaired) electrons. The second-order valence-electron chi connectivity index (χ2n) is 9.71. The largest absolute Gasteiger partial charge is 0.496 e. The van der Waals surface area contributed by atoms with Crippen LogP contribution in [0.2, 0.25) is 0 Å². The van der Waals surface area contributed by atoms with E-state index >= 15 is 0 Å². The number of aryl methyl sites for hydroxylation is 1. The van der Waals surface area contributed by atoms with Crippen molar-refractivity contribution in [2.75, 3.05) is 45.3 Å². The first-order valence-corrected chi connectivity index (χ1v) is 12.2. The van der Waals surface area contributed by atoms with E-state index in [1.54, 1.807) is 32.0 Å². The second-order valence-corrected chi connectivity index (χ2v) is 9.71. The van der Waals surface area contributed by atoms with Crippen LogP contribution in [-0.2, 0) is 13.6 Å². The summed E-state index contributed by atoms with van der Waals surface area (Å²) in [5, 5.41) is 1.52. The first-order valence-electron chi connectivity index (χ1n) is 12.2. The SMILES string of the molecule is COc1cc(-c2cn(C)c(=O)c3cnc(N4CCC4)cc23)cc(OC)c1CN1CCC(C)CC1. The van der Waals surface area contributed by atoms with E-state index in [2.05, 4.69) is 33.8 Å². The number of rotatable bonds is 6. The van der Waals surface area contributed by atoms with Gasteiger partial charge in [0.15, 0.2) is 0 Å². The van der Waals surface area contributed by atoms with E-state index in [-0.39, 0.29) is 5.56 Å². The lowest BCUT2D eigenvalue weighted by Crippen LogP contribution is -2.37. The molecule has 0 unspecified atom stereocenters. The van der Waals surface area contributed by atoms with Crippen molar-refractivity contribution in [2.45, 2.75) is 32.7 Å². The van der Waals surface area contributed by atoms with Gasteiger partial charge in [-0.1, -0.05) is 6.92 Å². The summed E-state index contributed by atoms with van der Waals surface area (Å²) in [5.74, 6) is 3.33. The minimum absolute atomic E-state index is 0.0451. The third-order valence-corrected chi connectivity index (χ3v) is 7.41. The molecule has 0 N–H and O–H groups in total. The number of hydrogen-bond donors (Lipinski definition) is 0. The van der Waals surface area contributed by atoms with E-state index in [9.17, 15) is 4.79 Å². The number of anilines is 1. The van der Waals surface area contributed by atoms with Crippen molar-refractivity contribution in [2.24, 2.45) is 13.0 Å². The number of hydrogen-bond acceptors (Lipinski definition) is 6. The standard InChI is InChI=1S/C27H34N4O3/c1-18-6-10-30(11-7-18)17-23-24(33-3)12-19(13-25(23)34-4)22-16-29(2)27(32)21-15-28-26(14-20(21)22)31-8-5-9-31/h12-16,18H,5-11,17H2,1-4H3. The molecule has 4 heterocycles. The average Bonchev–Trinajstić information content (AvgIpc) is 2.81. The van der Waals surface area contributed by atoms with Gasteiger partial charge in [-0.05, 0) is 62.0 Å². The minimum Gasteiger partial charge on any atom is -0.496 e. The van der Waals surface area contributed by atoms with E-state index in [0.29, 0.717) is 5.39 Å². The summed E-state index contributed by atoms with van der Waals surface area (Å²) in [4.78, 5) is 22.2. The quantitative estimate of drug-likeness (QED) is 0.551. The Morgan fingerprint density at radius 1 is 1.00 bits per heavy atom. The maximum Gasteiger partial charge on any atom is 0.259 e. The van der Waals surface area contributed by atoms with E-state index in [0.717, 1.165) is 78.0 Å². The van der Waals surface area contributed by atoms with E-state index < -0.39 is 0 Å². The number of methoxy groups -OCH3 is 2. The Hall–Kier alpha value is -3.06. The number of pyridine rings is 2. The molecule has 2 aromatic heterocycles. The molecule has 2 aliphatic rings. The summed E-state index contributed by atoms with van der Waals surface area (Å²) < 4.78 is 13.4. The van der Waals surface area contributed by atoms with Crippen molar-refractivity contribution < 1.29 is 9.47 Å². The molecule has 1 aromatic carbocycles. The number of ether oxygens (including phenoxy) is 2. The van der Waals surface area contributed by atoms with Gasteiger partial charge in [0.1, 0.15) is 17.3 Å². The Labute approximate surface area is 200 Å². The minimum atomic E-state index is -0.0451. The van der Waals surface area contributed by atoms with Crippen LogP contribution in [0, 0.1) is 5.92 Å². The maximum atomic E-state index is 12.9. The number of piperidine rings is 1. The van der Waals surface area contributed by atoms with Gasteiger partial charge in [0.05, 0.1) is 25.2 Å². The highest BCUT2D eigenvalue weighted by atomic mass is 16.5. The fraction of sp³-hybridized carbons (Fsp3) is 0.481. The Kier molecular flexibility index (Phi) is 6.21. The first kappa shape index (κ1) is 22.7. The van der Waals surface area contributed by atoms with Crippen molar-refractivity contribution >= 4 is 16.6 Å². The zero-order valence-electron chi connectivity index (χ0n) is 20.6. The highest BCUT2D eigenvalue weighted by Gasteiger charge is 2.22. The van der Waals surface area contributed by atoms with Gasteiger partial charge >= 0.3 is 0 Å². The van der Waals surface area contributed by atoms with Crippen LogP contribution in [0.15, 0.2) is 35.4 Å². The Balaban J connectivity index is 1.61. The molecule has 2 saturated heterocycles. The van der Waals surface area contributed by atoms with Gasteiger partial charge in [-0.15, -0.1) is 0 Å². The predicted octanol–water partition coefficient (Wildman–Crippen LogP) is 4.06. The molecular formula is C27H34N4O3. The molecule has 0 atom stereocenters. The summed E-state index contributed by atoms with van der Waals surface area (Å²) in [5.41, 5.74) is 2.96. The molecule has 34 heavy (non-hydrogen) atoms. The predicted molar refractivity (Wildman–Crippen MR) is 136 cm³/mol. The van der Waals surface area contributed by atoms with Gasteiger partial charge in [-0.25, -0.2) is 4.98 Å². The second kappa shape index (κ2) is 9.29. The molecule has 7 nitrogen and oxygen atoms in total. The van der Waals surface area contributed by atoms with Gasteiger partial charge < -0.3 is 18.9 Å². The lowest BCUT2D eigenvalue weighted by Gasteiger charge is -2.32. The lowest BCUT2D eigenvalue weighted by atomic mass is 9.97. The molecule has 180 valence electrons. The van der Waals surface area contributed by atoms with Crippen LogP contribution in [-0.4, -0.2) is 54.8 Å². The molecule has 2 fully saturated rings. The van der Waals surface area contributed by atoms with E-state index in [4.69, 9.17) is 9.47 Å². The fourth-order valence-corrected chi connectivity index (χ4v) is 5.04. The lowest BCUT2D eigenvalue weighted by molar-refractivity contribution is 0.181. The van der Waals surface area contributed by atoms with Gasteiger partial charge in [0.2, 0.25) is 0 Å². The first-order chi connectivity index (χ1) is 16.5. The van der Waals surface area contributed by atoms with Crippen molar-refractivity contribution in [1.29, 1.82) is 0 Å². The number of fused-ring (bicyclic) bond motifs is 1. The number of aromatic nitrogens is 2. The molecule has 0 spiro atoms. The molecule has 0 saturated carbocycles. The summed E-state index contributed by atoms with van der Waals surface area (Å²) in [6.45, 7) is 7.32. The third-order valence-electron chi connectivity index (χ3n) is 7.41. The summed E-state index contributed by atoms with van der Waals surface area (Å²) in [6, 6.07) is 6.20. The van der Waals surface area contributed by atoms with Crippen LogP contribution >= 0.6 is 0 Å². The van der Waals surface area contributed by atoms with Crippen molar-refractivity contribution in [3.8, 4) is 22.6 Å². The van der Waals surface area contributed by atoms with Crippen LogP contribution in [0.5, 0.6) is 11.5 Å². The average molecular weight is 463 g/mol. The molecule has 0 bridgehead atoms. The molecular weight excluding hydrogens is 428 g/mol. The summed E-state index contributed by atoms with van der Waals surface area (Å²) >= 11 is 0. The molecule has 7 heteroatoms. The van der Waals surface area contributed by atoms with Crippen molar-refractivity contribution in [3.63, 3.8) is 0 Å². The molecule has 3 aromatic rings. The zero-order valence-corrected chi connectivity index (χ0v) is 20.6. The highest BCUT2D eigenvalue weighted by Crippen LogP contribution is 2.39. The Morgan fingerprint density at radius 3 is 2.26 bits per heavy atom. The van der Waals surface area contributed by atoms with Crippen LogP contribution in [0.1, 0.15) is 31.7 Å². The van der Waals surface area contributed by atoms with Gasteiger partial charge in [0, 0.05) is 50.0 Å². The highest BCUT2D eigenvalue weighted by molar-refractivity contribution is 5.97. The Morgan fingerprint density at radius 2 is 1.68 bits per heavy atom. The summed E-state index contributed by atoms with van der Waals surface area (Å²) in [7, 11) is 5.21. The summed E-state index contributed by atoms with van der Waals surface area (Å²) in [6.07, 6.45) is 7.24.